The molecule has 2 aliphatic heterocycles. The largest absolute Gasteiger partial charge is 0.358 e. The summed E-state index contributed by atoms with van der Waals surface area (Å²) in [4.78, 5) is 23.7. The molecule has 1 atom stereocenters. The molecule has 1 fully saturated rings. The molecule has 0 spiro atoms. The molecule has 42 heavy (non-hydrogen) atoms. The summed E-state index contributed by atoms with van der Waals surface area (Å²) in [5.74, 6) is -0.222. The maximum Gasteiger partial charge on any atom is 0.257 e. The fraction of sp³-hybridized carbons (Fsp3) is 0.161. The maximum absolute atomic E-state index is 14.7. The van der Waals surface area contributed by atoms with E-state index in [0.29, 0.717) is 57.8 Å². The van der Waals surface area contributed by atoms with Gasteiger partial charge in [0.15, 0.2) is 5.96 Å². The summed E-state index contributed by atoms with van der Waals surface area (Å²) in [6.45, 7) is 4.15. The minimum atomic E-state index is -0.344. The van der Waals surface area contributed by atoms with Gasteiger partial charge in [0.1, 0.15) is 5.82 Å². The molecule has 3 aromatic carbocycles. The van der Waals surface area contributed by atoms with Crippen molar-refractivity contribution >= 4 is 53.1 Å². The Hall–Kier alpha value is -4.80. The van der Waals surface area contributed by atoms with Crippen LogP contribution in [0.3, 0.4) is 0 Å². The van der Waals surface area contributed by atoms with Crippen LogP contribution in [0.25, 0.3) is 23.4 Å². The SMILES string of the molecule is CC1CN(C(=N)NC(=O)c2ccc(Nc3ncc4c(n3)C=c3cc(Cl)cc(-c5ccccc5F)c3=CN4)cc2)CCN1. The third kappa shape index (κ3) is 5.81. The number of hydrogen-bond donors (Lipinski definition) is 5. The van der Waals surface area contributed by atoms with Gasteiger partial charge in [-0.2, -0.15) is 0 Å². The van der Waals surface area contributed by atoms with Gasteiger partial charge in [0.25, 0.3) is 5.91 Å². The van der Waals surface area contributed by atoms with Crippen LogP contribution in [0.2, 0.25) is 5.02 Å². The Kier molecular flexibility index (Phi) is 7.56. The van der Waals surface area contributed by atoms with Crippen LogP contribution in [0, 0.1) is 11.2 Å². The number of rotatable bonds is 4. The van der Waals surface area contributed by atoms with Crippen LogP contribution in [0.15, 0.2) is 66.9 Å². The van der Waals surface area contributed by atoms with Gasteiger partial charge in [0.05, 0.1) is 17.6 Å². The molecule has 9 nitrogen and oxygen atoms in total. The second-order valence-corrected chi connectivity index (χ2v) is 10.6. The smallest absolute Gasteiger partial charge is 0.257 e. The first-order valence-corrected chi connectivity index (χ1v) is 13.9. The number of anilines is 3. The molecule has 11 heteroatoms. The number of nitrogens with zero attached hydrogens (tertiary/aromatic N) is 3. The third-order valence-electron chi connectivity index (χ3n) is 7.14. The van der Waals surface area contributed by atoms with E-state index >= 15 is 0 Å². The highest BCUT2D eigenvalue weighted by Gasteiger charge is 2.20. The van der Waals surface area contributed by atoms with Gasteiger partial charge < -0.3 is 20.9 Å². The predicted octanol–water partition coefficient (Wildman–Crippen LogP) is 3.63. The number of benzene rings is 3. The van der Waals surface area contributed by atoms with E-state index in [1.807, 2.05) is 24.0 Å². The van der Waals surface area contributed by atoms with Crippen LogP contribution in [0.4, 0.5) is 21.7 Å². The monoisotopic (exact) mass is 582 g/mol. The Morgan fingerprint density at radius 3 is 2.74 bits per heavy atom. The van der Waals surface area contributed by atoms with Gasteiger partial charge in [-0.25, -0.2) is 14.4 Å². The van der Waals surface area contributed by atoms with Crippen molar-refractivity contribution in [2.75, 3.05) is 30.3 Å². The Morgan fingerprint density at radius 1 is 1.14 bits per heavy atom. The number of carbonyl (C=O) groups is 1. The lowest BCUT2D eigenvalue weighted by Gasteiger charge is -2.33. The van der Waals surface area contributed by atoms with Gasteiger partial charge in [-0.1, -0.05) is 29.8 Å². The fourth-order valence-corrected chi connectivity index (χ4v) is 5.25. The van der Waals surface area contributed by atoms with Crippen molar-refractivity contribution < 1.29 is 9.18 Å². The standard InChI is InChI=1S/C31H28ClFN8O/c1-18-17-41(11-10-35-18)30(34)40-29(42)19-6-8-22(9-7-19)38-31-37-16-28-27(39-31)13-20-12-21(32)14-24(25(20)15-36-28)23-4-2-3-5-26(23)33/h2-9,12-16,18,35-36H,10-11,17H2,1H3,(H2,34,40,42)(H,37,38,39). The number of piperazine rings is 1. The normalized spacial score (nSPS) is 15.6. The Labute approximate surface area is 246 Å². The second kappa shape index (κ2) is 11.6. The molecule has 1 saturated heterocycles. The van der Waals surface area contributed by atoms with Crippen LogP contribution in [0.1, 0.15) is 23.0 Å². The van der Waals surface area contributed by atoms with Crippen LogP contribution in [-0.2, 0) is 0 Å². The molecule has 0 bridgehead atoms. The highest BCUT2D eigenvalue weighted by Crippen LogP contribution is 2.23. The van der Waals surface area contributed by atoms with Gasteiger partial charge in [0.2, 0.25) is 5.95 Å². The number of nitrogens with one attached hydrogen (secondary N) is 5. The first-order chi connectivity index (χ1) is 20.3. The van der Waals surface area contributed by atoms with E-state index in [1.54, 1.807) is 60.9 Å². The van der Waals surface area contributed by atoms with E-state index in [4.69, 9.17) is 17.0 Å². The first kappa shape index (κ1) is 27.4. The highest BCUT2D eigenvalue weighted by molar-refractivity contribution is 6.30. The zero-order valence-electron chi connectivity index (χ0n) is 22.7. The molecule has 0 saturated carbocycles. The van der Waals surface area contributed by atoms with Gasteiger partial charge in [-0.15, -0.1) is 0 Å². The van der Waals surface area contributed by atoms with Crippen LogP contribution in [-0.4, -0.2) is 52.4 Å². The third-order valence-corrected chi connectivity index (χ3v) is 7.36. The van der Waals surface area contributed by atoms with E-state index in [9.17, 15) is 9.18 Å². The van der Waals surface area contributed by atoms with E-state index in [2.05, 4.69) is 31.2 Å². The Morgan fingerprint density at radius 2 is 1.95 bits per heavy atom. The first-order valence-electron chi connectivity index (χ1n) is 13.5. The molecule has 1 amide bonds. The predicted molar refractivity (Wildman–Crippen MR) is 164 cm³/mol. The van der Waals surface area contributed by atoms with E-state index in [-0.39, 0.29) is 23.7 Å². The number of aromatic nitrogens is 2. The Bertz CT molecular complexity index is 1810. The molecule has 3 heterocycles. The molecule has 1 aromatic heterocycles. The molecule has 1 unspecified atom stereocenters. The molecule has 212 valence electrons. The molecule has 0 aliphatic carbocycles. The molecule has 5 N–H and O–H groups in total. The van der Waals surface area contributed by atoms with Crippen LogP contribution in [0.5, 0.6) is 0 Å². The van der Waals surface area contributed by atoms with E-state index in [0.717, 1.165) is 17.0 Å². The molecular weight excluding hydrogens is 555 g/mol. The number of hydrogen-bond acceptors (Lipinski definition) is 7. The van der Waals surface area contributed by atoms with Crippen molar-refractivity contribution in [1.82, 2.24) is 25.5 Å². The summed E-state index contributed by atoms with van der Waals surface area (Å²) < 4.78 is 14.7. The van der Waals surface area contributed by atoms with Crippen molar-refractivity contribution in [2.24, 2.45) is 0 Å². The molecule has 2 aliphatic rings. The lowest BCUT2D eigenvalue weighted by atomic mass is 10.0. The van der Waals surface area contributed by atoms with Crippen LogP contribution >= 0.6 is 11.6 Å². The minimum Gasteiger partial charge on any atom is -0.358 e. The zero-order chi connectivity index (χ0) is 29.2. The van der Waals surface area contributed by atoms with Gasteiger partial charge in [0, 0.05) is 58.9 Å². The molecule has 4 aromatic rings. The van der Waals surface area contributed by atoms with Crippen molar-refractivity contribution in [2.45, 2.75) is 13.0 Å². The van der Waals surface area contributed by atoms with Crippen molar-refractivity contribution in [1.29, 1.82) is 5.41 Å². The Balaban J connectivity index is 1.20. The molecule has 0 radical (unpaired) electrons. The summed E-state index contributed by atoms with van der Waals surface area (Å²) in [5, 5.41) is 22.7. The van der Waals surface area contributed by atoms with Gasteiger partial charge in [-0.05, 0) is 66.2 Å². The number of amides is 1. The van der Waals surface area contributed by atoms with Crippen molar-refractivity contribution in [3.63, 3.8) is 0 Å². The summed E-state index contributed by atoms with van der Waals surface area (Å²) in [6.07, 6.45) is 5.35. The van der Waals surface area contributed by atoms with Crippen LogP contribution < -0.4 is 31.7 Å². The van der Waals surface area contributed by atoms with Crippen molar-refractivity contribution in [3.05, 3.63) is 99.4 Å². The van der Waals surface area contributed by atoms with Crippen molar-refractivity contribution in [3.8, 4) is 11.1 Å². The lowest BCUT2D eigenvalue weighted by Crippen LogP contribution is -2.55. The quantitative estimate of drug-likeness (QED) is 0.184. The minimum absolute atomic E-state index is 0.0971. The summed E-state index contributed by atoms with van der Waals surface area (Å²) >= 11 is 6.44. The topological polar surface area (TPSA) is 118 Å². The average molecular weight is 583 g/mol. The highest BCUT2D eigenvalue weighted by atomic mass is 35.5. The second-order valence-electron chi connectivity index (χ2n) is 10.2. The van der Waals surface area contributed by atoms with E-state index in [1.165, 1.54) is 6.07 Å². The molecular formula is C31H28ClFN8O. The maximum atomic E-state index is 14.7. The zero-order valence-corrected chi connectivity index (χ0v) is 23.5. The summed E-state index contributed by atoms with van der Waals surface area (Å²) in [6, 6.07) is 17.3. The fourth-order valence-electron chi connectivity index (χ4n) is 5.02. The summed E-state index contributed by atoms with van der Waals surface area (Å²) in [5.41, 5.74) is 3.55. The van der Waals surface area contributed by atoms with Gasteiger partial charge in [-0.3, -0.25) is 15.5 Å². The summed E-state index contributed by atoms with van der Waals surface area (Å²) in [7, 11) is 0. The lowest BCUT2D eigenvalue weighted by molar-refractivity contribution is 0.0970. The number of carbonyl (C=O) groups excluding carboxylic acids is 1. The number of halogens is 2. The average Bonchev–Trinajstić information content (AvgIpc) is 3.16. The van der Waals surface area contributed by atoms with E-state index < -0.39 is 0 Å². The van der Waals surface area contributed by atoms with Gasteiger partial charge >= 0.3 is 0 Å². The molecule has 6 rings (SSSR count). The number of guanidine groups is 1. The number of fused-ring (bicyclic) bond motifs is 2.